The molecule has 0 aliphatic heterocycles. The monoisotopic (exact) mass is 546 g/mol. The predicted molar refractivity (Wildman–Crippen MR) is 182 cm³/mol. The maximum absolute atomic E-state index is 5.20. The summed E-state index contributed by atoms with van der Waals surface area (Å²) in [5.74, 6) is 0. The van der Waals surface area contributed by atoms with Gasteiger partial charge in [0.25, 0.3) is 0 Å². The third kappa shape index (κ3) is 3.70. The van der Waals surface area contributed by atoms with E-state index in [9.17, 15) is 0 Å². The van der Waals surface area contributed by atoms with Crippen LogP contribution in [0.4, 0.5) is 0 Å². The molecule has 0 saturated heterocycles. The second-order valence-electron chi connectivity index (χ2n) is 11.2. The molecule has 2 heterocycles. The summed E-state index contributed by atoms with van der Waals surface area (Å²) in [6.45, 7) is 0. The fourth-order valence-electron chi connectivity index (χ4n) is 6.83. The van der Waals surface area contributed by atoms with E-state index in [4.69, 9.17) is 4.98 Å². The van der Waals surface area contributed by atoms with Gasteiger partial charge in [-0.2, -0.15) is 0 Å². The molecule has 200 valence electrons. The fraction of sp³-hybridized carbons (Fsp3) is 0. The Labute approximate surface area is 249 Å². The minimum absolute atomic E-state index is 0.962. The van der Waals surface area contributed by atoms with Gasteiger partial charge in [-0.25, -0.2) is 4.98 Å². The first kappa shape index (κ1) is 23.9. The molecule has 0 radical (unpaired) electrons. The average Bonchev–Trinajstić information content (AvgIpc) is 3.43. The third-order valence-electron chi connectivity index (χ3n) is 8.77. The summed E-state index contributed by atoms with van der Waals surface area (Å²) >= 11 is 0. The molecule has 2 aromatic heterocycles. The summed E-state index contributed by atoms with van der Waals surface area (Å²) in [7, 11) is 0. The predicted octanol–water partition coefficient (Wildman–Crippen LogP) is 11.0. The number of aromatic nitrogens is 2. The van der Waals surface area contributed by atoms with Crippen LogP contribution in [0.25, 0.3) is 82.3 Å². The highest BCUT2D eigenvalue weighted by molar-refractivity contribution is 6.25. The first-order valence-corrected chi connectivity index (χ1v) is 14.7. The lowest BCUT2D eigenvalue weighted by molar-refractivity contribution is 1.18. The lowest BCUT2D eigenvalue weighted by Crippen LogP contribution is -1.95. The molecule has 0 atom stereocenters. The Hall–Kier alpha value is -5.73. The van der Waals surface area contributed by atoms with Gasteiger partial charge in [-0.15, -0.1) is 0 Å². The maximum atomic E-state index is 5.20. The smallest absolute Gasteiger partial charge is 0.0710 e. The molecule has 0 N–H and O–H groups in total. The molecule has 2 heteroatoms. The van der Waals surface area contributed by atoms with Crippen molar-refractivity contribution in [2.45, 2.75) is 0 Å². The second kappa shape index (κ2) is 9.40. The molecule has 7 aromatic carbocycles. The number of para-hydroxylation sites is 2. The van der Waals surface area contributed by atoms with Gasteiger partial charge in [-0.1, -0.05) is 115 Å². The highest BCUT2D eigenvalue weighted by atomic mass is 15.0. The van der Waals surface area contributed by atoms with Crippen molar-refractivity contribution in [3.63, 3.8) is 0 Å². The molecular formula is C41H26N2. The number of rotatable bonds is 3. The molecule has 0 aliphatic carbocycles. The largest absolute Gasteiger partial charge is 0.309 e. The SMILES string of the molecule is c1cc(-c2cccc(-c3ccc4c5ccccc5c5ccccc5c4c3)n2)cc(-n2c3ccccc3c3ccccc32)c1. The minimum atomic E-state index is 0.962. The first-order chi connectivity index (χ1) is 21.3. The van der Waals surface area contributed by atoms with Crippen LogP contribution >= 0.6 is 0 Å². The van der Waals surface area contributed by atoms with Crippen LogP contribution in [0.3, 0.4) is 0 Å². The molecule has 9 aromatic rings. The van der Waals surface area contributed by atoms with Crippen molar-refractivity contribution in [3.8, 4) is 28.2 Å². The van der Waals surface area contributed by atoms with E-state index in [2.05, 4.69) is 162 Å². The van der Waals surface area contributed by atoms with Crippen LogP contribution in [0.2, 0.25) is 0 Å². The Kier molecular flexibility index (Phi) is 5.23. The molecule has 0 saturated carbocycles. The third-order valence-corrected chi connectivity index (χ3v) is 8.77. The summed E-state index contributed by atoms with van der Waals surface area (Å²) in [6, 6.07) is 56.6. The van der Waals surface area contributed by atoms with Crippen molar-refractivity contribution in [2.75, 3.05) is 0 Å². The van der Waals surface area contributed by atoms with Gasteiger partial charge in [0, 0.05) is 27.6 Å². The second-order valence-corrected chi connectivity index (χ2v) is 11.2. The van der Waals surface area contributed by atoms with Gasteiger partial charge in [-0.05, 0) is 74.8 Å². The zero-order chi connectivity index (χ0) is 28.3. The number of nitrogens with zero attached hydrogens (tertiary/aromatic N) is 2. The number of fused-ring (bicyclic) bond motifs is 9. The number of pyridine rings is 1. The van der Waals surface area contributed by atoms with Crippen molar-refractivity contribution in [1.82, 2.24) is 9.55 Å². The Morgan fingerprint density at radius 2 is 0.791 bits per heavy atom. The highest BCUT2D eigenvalue weighted by Gasteiger charge is 2.13. The van der Waals surface area contributed by atoms with Crippen LogP contribution in [0.15, 0.2) is 158 Å². The molecule has 2 nitrogen and oxygen atoms in total. The summed E-state index contributed by atoms with van der Waals surface area (Å²) in [6.07, 6.45) is 0. The van der Waals surface area contributed by atoms with Crippen LogP contribution in [-0.2, 0) is 0 Å². The van der Waals surface area contributed by atoms with Gasteiger partial charge >= 0.3 is 0 Å². The Morgan fingerprint density at radius 1 is 0.326 bits per heavy atom. The van der Waals surface area contributed by atoms with E-state index in [-0.39, 0.29) is 0 Å². The Bertz CT molecular complexity index is 2430. The first-order valence-electron chi connectivity index (χ1n) is 14.7. The Balaban J connectivity index is 1.19. The summed E-state index contributed by atoms with van der Waals surface area (Å²) in [5.41, 5.74) is 7.69. The summed E-state index contributed by atoms with van der Waals surface area (Å²) in [4.78, 5) is 5.20. The van der Waals surface area contributed by atoms with Crippen LogP contribution < -0.4 is 0 Å². The average molecular weight is 547 g/mol. The highest BCUT2D eigenvalue weighted by Crippen LogP contribution is 2.37. The lowest BCUT2D eigenvalue weighted by Gasteiger charge is -2.13. The summed E-state index contributed by atoms with van der Waals surface area (Å²) in [5, 5.41) is 10.2. The van der Waals surface area contributed by atoms with E-state index in [1.54, 1.807) is 0 Å². The van der Waals surface area contributed by atoms with Crippen LogP contribution in [0, 0.1) is 0 Å². The zero-order valence-corrected chi connectivity index (χ0v) is 23.4. The van der Waals surface area contributed by atoms with Crippen molar-refractivity contribution >= 4 is 54.1 Å². The van der Waals surface area contributed by atoms with E-state index in [0.717, 1.165) is 28.2 Å². The van der Waals surface area contributed by atoms with E-state index in [1.807, 2.05) is 0 Å². The van der Waals surface area contributed by atoms with Crippen molar-refractivity contribution in [1.29, 1.82) is 0 Å². The van der Waals surface area contributed by atoms with E-state index >= 15 is 0 Å². The number of hydrogen-bond acceptors (Lipinski definition) is 1. The lowest BCUT2D eigenvalue weighted by atomic mass is 9.93. The van der Waals surface area contributed by atoms with E-state index in [0.29, 0.717) is 0 Å². The van der Waals surface area contributed by atoms with Gasteiger partial charge in [0.15, 0.2) is 0 Å². The molecule has 9 rings (SSSR count). The normalized spacial score (nSPS) is 11.7. The number of hydrogen-bond donors (Lipinski definition) is 0. The minimum Gasteiger partial charge on any atom is -0.309 e. The van der Waals surface area contributed by atoms with Crippen molar-refractivity contribution in [2.24, 2.45) is 0 Å². The van der Waals surface area contributed by atoms with Crippen LogP contribution in [0.1, 0.15) is 0 Å². The molecule has 0 fully saturated rings. The van der Waals surface area contributed by atoms with Crippen molar-refractivity contribution in [3.05, 3.63) is 158 Å². The molecule has 0 aliphatic rings. The van der Waals surface area contributed by atoms with Gasteiger partial charge in [0.05, 0.1) is 22.4 Å². The van der Waals surface area contributed by atoms with Gasteiger partial charge in [-0.3, -0.25) is 0 Å². The van der Waals surface area contributed by atoms with E-state index < -0.39 is 0 Å². The fourth-order valence-corrected chi connectivity index (χ4v) is 6.83. The van der Waals surface area contributed by atoms with Gasteiger partial charge < -0.3 is 4.57 Å². The topological polar surface area (TPSA) is 17.8 Å². The van der Waals surface area contributed by atoms with E-state index in [1.165, 1.54) is 54.1 Å². The van der Waals surface area contributed by atoms with Crippen LogP contribution in [-0.4, -0.2) is 9.55 Å². The molecule has 0 amide bonds. The quantitative estimate of drug-likeness (QED) is 0.202. The summed E-state index contributed by atoms with van der Waals surface area (Å²) < 4.78 is 2.36. The van der Waals surface area contributed by atoms with Gasteiger partial charge in [0.1, 0.15) is 0 Å². The molecule has 43 heavy (non-hydrogen) atoms. The van der Waals surface area contributed by atoms with Crippen LogP contribution in [0.5, 0.6) is 0 Å². The van der Waals surface area contributed by atoms with Crippen molar-refractivity contribution < 1.29 is 0 Å². The molecular weight excluding hydrogens is 520 g/mol. The Morgan fingerprint density at radius 3 is 1.40 bits per heavy atom. The molecule has 0 bridgehead atoms. The zero-order valence-electron chi connectivity index (χ0n) is 23.4. The number of benzene rings is 7. The molecule has 0 unspecified atom stereocenters. The maximum Gasteiger partial charge on any atom is 0.0710 e. The molecule has 0 spiro atoms. The standard InChI is InChI=1S/C41H26N2/c1-2-15-32-30(13-1)31-14-3-4-16-33(31)37-26-28(23-24-34(32)37)39-20-10-19-38(42-39)27-11-9-12-29(25-27)43-40-21-7-5-17-35(40)36-18-6-8-22-41(36)43/h1-26H. The van der Waals surface area contributed by atoms with Gasteiger partial charge in [0.2, 0.25) is 0 Å².